The summed E-state index contributed by atoms with van der Waals surface area (Å²) in [5, 5.41) is 3.42. The molecule has 0 amide bonds. The summed E-state index contributed by atoms with van der Waals surface area (Å²) in [6, 6.07) is 3.98. The van der Waals surface area contributed by atoms with Gasteiger partial charge in [0.2, 0.25) is 0 Å². The number of imidazole rings is 1. The first-order chi connectivity index (χ1) is 6.29. The van der Waals surface area contributed by atoms with E-state index in [9.17, 15) is 0 Å². The van der Waals surface area contributed by atoms with Gasteiger partial charge in [-0.2, -0.15) is 5.10 Å². The van der Waals surface area contributed by atoms with Gasteiger partial charge in [-0.1, -0.05) is 6.07 Å². The molecule has 0 unspecified atom stereocenters. The minimum absolute atomic E-state index is 0.771. The average Bonchev–Trinajstić information content (AvgIpc) is 2.46. The number of pyridine rings is 1. The van der Waals surface area contributed by atoms with Crippen molar-refractivity contribution in [2.45, 2.75) is 6.92 Å². The Balaban J connectivity index is 2.62. The van der Waals surface area contributed by atoms with E-state index in [2.05, 4.69) is 10.1 Å². The van der Waals surface area contributed by atoms with Gasteiger partial charge in [-0.15, -0.1) is 0 Å². The second-order valence-electron chi connectivity index (χ2n) is 2.92. The molecule has 0 aromatic carbocycles. The van der Waals surface area contributed by atoms with Crippen LogP contribution in [-0.4, -0.2) is 15.6 Å². The van der Waals surface area contributed by atoms with Crippen LogP contribution in [0.3, 0.4) is 0 Å². The molecular formula is C9H10N4. The second kappa shape index (κ2) is 2.90. The zero-order valence-corrected chi connectivity index (χ0v) is 7.31. The topological polar surface area (TPSA) is 55.7 Å². The lowest BCUT2D eigenvalue weighted by Crippen LogP contribution is -1.84. The van der Waals surface area contributed by atoms with Crippen LogP contribution in [0.15, 0.2) is 29.6 Å². The molecule has 0 aliphatic heterocycles. The third-order valence-corrected chi connectivity index (χ3v) is 1.82. The van der Waals surface area contributed by atoms with Gasteiger partial charge in [0.25, 0.3) is 0 Å². The molecule has 0 radical (unpaired) electrons. The van der Waals surface area contributed by atoms with Crippen LogP contribution in [0.5, 0.6) is 0 Å². The van der Waals surface area contributed by atoms with Crippen molar-refractivity contribution >= 4 is 11.9 Å². The van der Waals surface area contributed by atoms with Gasteiger partial charge < -0.3 is 10.2 Å². The third kappa shape index (κ3) is 1.38. The molecule has 2 aromatic heterocycles. The summed E-state index contributed by atoms with van der Waals surface area (Å²) in [6.07, 6.45) is 5.43. The van der Waals surface area contributed by atoms with Crippen molar-refractivity contribution in [3.05, 3.63) is 35.8 Å². The van der Waals surface area contributed by atoms with Crippen LogP contribution < -0.4 is 5.84 Å². The van der Waals surface area contributed by atoms with Crippen LogP contribution in [0.2, 0.25) is 0 Å². The summed E-state index contributed by atoms with van der Waals surface area (Å²) >= 11 is 0. The quantitative estimate of drug-likeness (QED) is 0.397. The molecular weight excluding hydrogens is 164 g/mol. The highest BCUT2D eigenvalue weighted by Gasteiger charge is 1.97. The predicted molar refractivity (Wildman–Crippen MR) is 51.7 cm³/mol. The number of rotatable bonds is 1. The zero-order valence-electron chi connectivity index (χ0n) is 7.31. The molecule has 0 bridgehead atoms. The fourth-order valence-corrected chi connectivity index (χ4v) is 1.26. The van der Waals surface area contributed by atoms with E-state index < -0.39 is 0 Å². The highest BCUT2D eigenvalue weighted by molar-refractivity contribution is 5.77. The minimum Gasteiger partial charge on any atom is -0.323 e. The monoisotopic (exact) mass is 174 g/mol. The highest BCUT2D eigenvalue weighted by Crippen LogP contribution is 2.05. The number of aryl methyl sites for hydroxylation is 1. The summed E-state index contributed by atoms with van der Waals surface area (Å²) in [5.74, 6) is 5.03. The van der Waals surface area contributed by atoms with Crippen LogP contribution >= 0.6 is 0 Å². The standard InChI is InChI=1S/C9H10N4/c1-7-2-3-9-12-8(4-11-10)6-13(9)5-7/h2-6H,10H2,1H3/b11-4+. The number of hydrogen-bond acceptors (Lipinski definition) is 3. The van der Waals surface area contributed by atoms with Crippen LogP contribution in [0.25, 0.3) is 5.65 Å². The molecule has 2 rings (SSSR count). The molecule has 2 aromatic rings. The summed E-state index contributed by atoms with van der Waals surface area (Å²) < 4.78 is 1.95. The van der Waals surface area contributed by atoms with Gasteiger partial charge in [0.15, 0.2) is 0 Å². The number of aromatic nitrogens is 2. The van der Waals surface area contributed by atoms with Crippen molar-refractivity contribution in [1.82, 2.24) is 9.38 Å². The highest BCUT2D eigenvalue weighted by atomic mass is 15.1. The lowest BCUT2D eigenvalue weighted by atomic mass is 10.3. The normalized spacial score (nSPS) is 11.5. The first-order valence-corrected chi connectivity index (χ1v) is 3.98. The van der Waals surface area contributed by atoms with Gasteiger partial charge in [-0.05, 0) is 18.6 Å². The molecule has 4 nitrogen and oxygen atoms in total. The summed E-state index contributed by atoms with van der Waals surface area (Å²) in [7, 11) is 0. The SMILES string of the molecule is Cc1ccc2nc(/C=N/N)cn2c1. The third-order valence-electron chi connectivity index (χ3n) is 1.82. The van der Waals surface area contributed by atoms with Crippen molar-refractivity contribution in [1.29, 1.82) is 0 Å². The largest absolute Gasteiger partial charge is 0.323 e. The van der Waals surface area contributed by atoms with Crippen molar-refractivity contribution < 1.29 is 0 Å². The molecule has 0 aliphatic carbocycles. The van der Waals surface area contributed by atoms with Gasteiger partial charge in [-0.25, -0.2) is 4.98 Å². The molecule has 0 spiro atoms. The molecule has 0 saturated carbocycles. The number of nitrogens with zero attached hydrogens (tertiary/aromatic N) is 3. The smallest absolute Gasteiger partial charge is 0.137 e. The van der Waals surface area contributed by atoms with E-state index in [1.807, 2.05) is 35.9 Å². The minimum atomic E-state index is 0.771. The number of hydrogen-bond donors (Lipinski definition) is 1. The maximum Gasteiger partial charge on any atom is 0.137 e. The van der Waals surface area contributed by atoms with Crippen LogP contribution in [-0.2, 0) is 0 Å². The van der Waals surface area contributed by atoms with Crippen molar-refractivity contribution in [2.24, 2.45) is 10.9 Å². The number of hydrazone groups is 1. The second-order valence-corrected chi connectivity index (χ2v) is 2.92. The first kappa shape index (κ1) is 7.79. The molecule has 0 saturated heterocycles. The van der Waals surface area contributed by atoms with Gasteiger partial charge >= 0.3 is 0 Å². The maximum absolute atomic E-state index is 5.03. The van der Waals surface area contributed by atoms with Gasteiger partial charge in [0.1, 0.15) is 11.3 Å². The zero-order chi connectivity index (χ0) is 9.26. The van der Waals surface area contributed by atoms with Crippen LogP contribution in [0, 0.1) is 6.92 Å². The fraction of sp³-hybridized carbons (Fsp3) is 0.111. The molecule has 2 heterocycles. The lowest BCUT2D eigenvalue weighted by molar-refractivity contribution is 1.16. The Hall–Kier alpha value is -1.84. The molecule has 66 valence electrons. The predicted octanol–water partition coefficient (Wildman–Crippen LogP) is 0.935. The van der Waals surface area contributed by atoms with E-state index in [0.29, 0.717) is 0 Å². The van der Waals surface area contributed by atoms with Gasteiger partial charge in [0.05, 0.1) is 6.21 Å². The molecule has 0 aliphatic rings. The first-order valence-electron chi connectivity index (χ1n) is 3.98. The molecule has 0 fully saturated rings. The Morgan fingerprint density at radius 1 is 1.46 bits per heavy atom. The Kier molecular flexibility index (Phi) is 1.73. The van der Waals surface area contributed by atoms with E-state index in [4.69, 9.17) is 5.84 Å². The lowest BCUT2D eigenvalue weighted by Gasteiger charge is -1.92. The molecule has 13 heavy (non-hydrogen) atoms. The average molecular weight is 174 g/mol. The Morgan fingerprint density at radius 2 is 2.31 bits per heavy atom. The Bertz CT molecular complexity index is 456. The Morgan fingerprint density at radius 3 is 3.08 bits per heavy atom. The van der Waals surface area contributed by atoms with Gasteiger partial charge in [0, 0.05) is 12.4 Å². The van der Waals surface area contributed by atoms with Crippen LogP contribution in [0.4, 0.5) is 0 Å². The molecule has 2 N–H and O–H groups in total. The van der Waals surface area contributed by atoms with Crippen molar-refractivity contribution in [3.8, 4) is 0 Å². The van der Waals surface area contributed by atoms with E-state index in [1.165, 1.54) is 11.8 Å². The summed E-state index contributed by atoms with van der Waals surface area (Å²) in [4.78, 5) is 4.28. The van der Waals surface area contributed by atoms with Crippen molar-refractivity contribution in [3.63, 3.8) is 0 Å². The Labute approximate surface area is 75.7 Å². The summed E-state index contributed by atoms with van der Waals surface area (Å²) in [6.45, 7) is 2.04. The van der Waals surface area contributed by atoms with E-state index in [-0.39, 0.29) is 0 Å². The molecule has 0 atom stereocenters. The number of fused-ring (bicyclic) bond motifs is 1. The van der Waals surface area contributed by atoms with E-state index in [1.54, 1.807) is 0 Å². The number of nitrogens with two attached hydrogens (primary N) is 1. The maximum atomic E-state index is 5.03. The summed E-state index contributed by atoms with van der Waals surface area (Å²) in [5.41, 5.74) is 2.87. The van der Waals surface area contributed by atoms with E-state index >= 15 is 0 Å². The van der Waals surface area contributed by atoms with Crippen molar-refractivity contribution in [2.75, 3.05) is 0 Å². The fourth-order valence-electron chi connectivity index (χ4n) is 1.26. The van der Waals surface area contributed by atoms with Crippen LogP contribution in [0.1, 0.15) is 11.3 Å². The molecule has 4 heteroatoms. The van der Waals surface area contributed by atoms with Gasteiger partial charge in [-0.3, -0.25) is 0 Å². The van der Waals surface area contributed by atoms with E-state index in [0.717, 1.165) is 11.3 Å².